The Bertz CT molecular complexity index is 1220. The van der Waals surface area contributed by atoms with Crippen LogP contribution in [-0.2, 0) is 25.6 Å². The van der Waals surface area contributed by atoms with Crippen LogP contribution < -0.4 is 10.6 Å². The van der Waals surface area contributed by atoms with Gasteiger partial charge in [0.05, 0.1) is 17.7 Å². The number of aliphatic hydroxyl groups is 1. The standard InChI is InChI=1S/C26H25ClF5N3O2/c1-2-15-4-3-5-16(6-15)13-33-14-23(36)21(9-17-7-19(28)12-20(29)8-17)35-25(37)22-10-18(26(30,31)32)11-24(27)34-22/h3-8,10-12,21,23,33,36H,2,9,13-14H2,1H3,(H,35,37)/t21-,23+/m1/s1. The number of nitrogens with one attached hydrogen (secondary N) is 2. The molecule has 0 unspecified atom stereocenters. The molecule has 0 aliphatic carbocycles. The zero-order valence-electron chi connectivity index (χ0n) is 19.7. The zero-order valence-corrected chi connectivity index (χ0v) is 20.5. The fourth-order valence-electron chi connectivity index (χ4n) is 3.75. The highest BCUT2D eigenvalue weighted by Crippen LogP contribution is 2.31. The van der Waals surface area contributed by atoms with Crippen molar-refractivity contribution in [2.24, 2.45) is 0 Å². The molecule has 1 aromatic heterocycles. The van der Waals surface area contributed by atoms with Crippen LogP contribution in [0.5, 0.6) is 0 Å². The summed E-state index contributed by atoms with van der Waals surface area (Å²) in [5, 5.41) is 15.8. The zero-order chi connectivity index (χ0) is 27.2. The van der Waals surface area contributed by atoms with E-state index in [0.717, 1.165) is 29.7 Å². The number of aromatic nitrogens is 1. The van der Waals surface area contributed by atoms with Gasteiger partial charge in [-0.15, -0.1) is 0 Å². The summed E-state index contributed by atoms with van der Waals surface area (Å²) in [7, 11) is 0. The van der Waals surface area contributed by atoms with Gasteiger partial charge in [0.2, 0.25) is 0 Å². The number of hydrogen-bond acceptors (Lipinski definition) is 4. The molecule has 0 saturated carbocycles. The maximum Gasteiger partial charge on any atom is 0.416 e. The molecule has 5 nitrogen and oxygen atoms in total. The van der Waals surface area contributed by atoms with Gasteiger partial charge in [-0.25, -0.2) is 13.8 Å². The smallest absolute Gasteiger partial charge is 0.390 e. The first kappa shape index (κ1) is 28.5. The van der Waals surface area contributed by atoms with Gasteiger partial charge in [0, 0.05) is 19.2 Å². The molecule has 11 heteroatoms. The third-order valence-electron chi connectivity index (χ3n) is 5.60. The number of pyridine rings is 1. The Balaban J connectivity index is 1.78. The topological polar surface area (TPSA) is 74.2 Å². The lowest BCUT2D eigenvalue weighted by Gasteiger charge is -2.25. The minimum absolute atomic E-state index is 0.0319. The van der Waals surface area contributed by atoms with E-state index in [9.17, 15) is 31.9 Å². The van der Waals surface area contributed by atoms with Gasteiger partial charge in [-0.05, 0) is 53.8 Å². The number of rotatable bonds is 10. The first-order chi connectivity index (χ1) is 17.4. The summed E-state index contributed by atoms with van der Waals surface area (Å²) in [4.78, 5) is 16.5. The molecule has 0 fully saturated rings. The van der Waals surface area contributed by atoms with E-state index in [1.54, 1.807) is 0 Å². The Hall–Kier alpha value is -3.08. The van der Waals surface area contributed by atoms with E-state index in [0.29, 0.717) is 24.7 Å². The molecule has 3 rings (SSSR count). The van der Waals surface area contributed by atoms with Gasteiger partial charge in [-0.3, -0.25) is 4.79 Å². The summed E-state index contributed by atoms with van der Waals surface area (Å²) in [5.41, 5.74) is 0.435. The maximum absolute atomic E-state index is 13.7. The van der Waals surface area contributed by atoms with Crippen molar-refractivity contribution in [2.75, 3.05) is 6.54 Å². The number of nitrogens with zero attached hydrogens (tertiary/aromatic N) is 1. The molecule has 3 aromatic rings. The monoisotopic (exact) mass is 541 g/mol. The molecule has 1 heterocycles. The normalized spacial score (nSPS) is 13.3. The van der Waals surface area contributed by atoms with E-state index in [2.05, 4.69) is 15.6 Å². The molecule has 0 spiro atoms. The molecule has 0 saturated heterocycles. The molecule has 2 aromatic carbocycles. The van der Waals surface area contributed by atoms with Gasteiger partial charge in [-0.1, -0.05) is 42.8 Å². The Morgan fingerprint density at radius 2 is 1.70 bits per heavy atom. The van der Waals surface area contributed by atoms with Crippen molar-refractivity contribution in [3.05, 3.63) is 99.3 Å². The summed E-state index contributed by atoms with van der Waals surface area (Å²) >= 11 is 5.68. The van der Waals surface area contributed by atoms with Crippen LogP contribution in [0.4, 0.5) is 22.0 Å². The van der Waals surface area contributed by atoms with E-state index >= 15 is 0 Å². The van der Waals surface area contributed by atoms with Gasteiger partial charge in [0.1, 0.15) is 22.5 Å². The van der Waals surface area contributed by atoms with E-state index in [1.807, 2.05) is 31.2 Å². The number of hydrogen-bond donors (Lipinski definition) is 3. The minimum Gasteiger partial charge on any atom is -0.390 e. The third-order valence-corrected chi connectivity index (χ3v) is 5.79. The quantitative estimate of drug-likeness (QED) is 0.247. The van der Waals surface area contributed by atoms with Crippen LogP contribution >= 0.6 is 11.6 Å². The third kappa shape index (κ3) is 8.48. The van der Waals surface area contributed by atoms with Crippen LogP contribution in [0.2, 0.25) is 5.15 Å². The molecule has 0 aliphatic rings. The summed E-state index contributed by atoms with van der Waals surface area (Å²) in [6, 6.07) is 10.5. The van der Waals surface area contributed by atoms with Gasteiger partial charge in [-0.2, -0.15) is 13.2 Å². The van der Waals surface area contributed by atoms with Crippen LogP contribution in [-0.4, -0.2) is 34.7 Å². The number of aliphatic hydroxyl groups excluding tert-OH is 1. The number of alkyl halides is 3. The fraction of sp³-hybridized carbons (Fsp3) is 0.308. The molecule has 0 aliphatic heterocycles. The van der Waals surface area contributed by atoms with Crippen molar-refractivity contribution in [3.8, 4) is 0 Å². The van der Waals surface area contributed by atoms with Crippen LogP contribution in [0, 0.1) is 11.6 Å². The van der Waals surface area contributed by atoms with E-state index in [4.69, 9.17) is 11.6 Å². The van der Waals surface area contributed by atoms with E-state index < -0.39 is 52.3 Å². The Kier molecular flexibility index (Phi) is 9.58. The highest BCUT2D eigenvalue weighted by Gasteiger charge is 2.33. The van der Waals surface area contributed by atoms with Crippen molar-refractivity contribution in [1.82, 2.24) is 15.6 Å². The second kappa shape index (κ2) is 12.4. The van der Waals surface area contributed by atoms with Crippen LogP contribution in [0.15, 0.2) is 54.6 Å². The maximum atomic E-state index is 13.7. The van der Waals surface area contributed by atoms with Crippen molar-refractivity contribution < 1.29 is 31.9 Å². The minimum atomic E-state index is -4.77. The highest BCUT2D eigenvalue weighted by molar-refractivity contribution is 6.29. The lowest BCUT2D eigenvalue weighted by atomic mass is 10.00. The van der Waals surface area contributed by atoms with Gasteiger partial charge in [0.15, 0.2) is 0 Å². The first-order valence-corrected chi connectivity index (χ1v) is 11.8. The molecule has 37 heavy (non-hydrogen) atoms. The second-order valence-corrected chi connectivity index (χ2v) is 8.88. The number of carbonyl (C=O) groups is 1. The number of carbonyl (C=O) groups excluding carboxylic acids is 1. The summed E-state index contributed by atoms with van der Waals surface area (Å²) in [5.74, 6) is -2.74. The number of benzene rings is 2. The van der Waals surface area contributed by atoms with Crippen LogP contribution in [0.25, 0.3) is 0 Å². The molecule has 198 valence electrons. The van der Waals surface area contributed by atoms with Gasteiger partial charge >= 0.3 is 6.18 Å². The number of aryl methyl sites for hydroxylation is 1. The second-order valence-electron chi connectivity index (χ2n) is 8.50. The number of halogens is 6. The highest BCUT2D eigenvalue weighted by atomic mass is 35.5. The molecule has 0 bridgehead atoms. The summed E-state index contributed by atoms with van der Waals surface area (Å²) < 4.78 is 66.9. The summed E-state index contributed by atoms with van der Waals surface area (Å²) in [6.07, 6.45) is -5.40. The van der Waals surface area contributed by atoms with Gasteiger partial charge < -0.3 is 15.7 Å². The first-order valence-electron chi connectivity index (χ1n) is 11.4. The van der Waals surface area contributed by atoms with Crippen molar-refractivity contribution in [3.63, 3.8) is 0 Å². The fourth-order valence-corrected chi connectivity index (χ4v) is 3.96. The lowest BCUT2D eigenvalue weighted by molar-refractivity contribution is -0.137. The average molecular weight is 542 g/mol. The predicted molar refractivity (Wildman–Crippen MR) is 129 cm³/mol. The molecular formula is C26H25ClF5N3O2. The molecule has 1 amide bonds. The van der Waals surface area contributed by atoms with Crippen molar-refractivity contribution in [1.29, 1.82) is 0 Å². The molecule has 0 radical (unpaired) electrons. The van der Waals surface area contributed by atoms with Crippen molar-refractivity contribution >= 4 is 17.5 Å². The van der Waals surface area contributed by atoms with E-state index in [-0.39, 0.29) is 18.5 Å². The Morgan fingerprint density at radius 3 is 2.35 bits per heavy atom. The largest absolute Gasteiger partial charge is 0.416 e. The lowest BCUT2D eigenvalue weighted by Crippen LogP contribution is -2.49. The summed E-state index contributed by atoms with van der Waals surface area (Å²) in [6.45, 7) is 2.38. The van der Waals surface area contributed by atoms with Crippen molar-refractivity contribution in [2.45, 2.75) is 44.6 Å². The molecular weight excluding hydrogens is 517 g/mol. The van der Waals surface area contributed by atoms with Crippen LogP contribution in [0.3, 0.4) is 0 Å². The number of amides is 1. The Morgan fingerprint density at radius 1 is 1.03 bits per heavy atom. The van der Waals surface area contributed by atoms with Crippen LogP contribution in [0.1, 0.15) is 39.7 Å². The SMILES string of the molecule is CCc1cccc(CNC[C@H](O)[C@@H](Cc2cc(F)cc(F)c2)NC(=O)c2cc(C(F)(F)F)cc(Cl)n2)c1. The predicted octanol–water partition coefficient (Wildman–Crippen LogP) is 5.09. The molecule has 2 atom stereocenters. The molecule has 3 N–H and O–H groups in total. The van der Waals surface area contributed by atoms with E-state index in [1.165, 1.54) is 0 Å². The van der Waals surface area contributed by atoms with Gasteiger partial charge in [0.25, 0.3) is 5.91 Å². The average Bonchev–Trinajstić information content (AvgIpc) is 2.82. The Labute approximate surface area is 215 Å².